The maximum atomic E-state index is 12.3. The Bertz CT molecular complexity index is 773. The predicted molar refractivity (Wildman–Crippen MR) is 95.7 cm³/mol. The minimum Gasteiger partial charge on any atom is -0.455 e. The van der Waals surface area contributed by atoms with Crippen LogP contribution in [0.5, 0.6) is 0 Å². The van der Waals surface area contributed by atoms with Gasteiger partial charge in [0.2, 0.25) is 0 Å². The zero-order valence-electron chi connectivity index (χ0n) is 14.7. The Balaban J connectivity index is 1.35. The van der Waals surface area contributed by atoms with Gasteiger partial charge in [0.25, 0.3) is 5.91 Å². The van der Waals surface area contributed by atoms with E-state index in [1.807, 2.05) is 6.07 Å². The molecular formula is C20H24N2O4. The molecule has 1 saturated heterocycles. The number of benzene rings is 1. The van der Waals surface area contributed by atoms with E-state index < -0.39 is 6.10 Å². The Hall–Kier alpha value is -2.15. The number of fused-ring (bicyclic) bond motifs is 1. The molecule has 3 heterocycles. The number of furan rings is 1. The molecule has 1 amide bonds. The predicted octanol–water partition coefficient (Wildman–Crippen LogP) is 1.72. The summed E-state index contributed by atoms with van der Waals surface area (Å²) in [6.07, 6.45) is 0.991. The summed E-state index contributed by atoms with van der Waals surface area (Å²) >= 11 is 0. The Morgan fingerprint density at radius 2 is 2.08 bits per heavy atom. The zero-order valence-corrected chi connectivity index (χ0v) is 14.7. The van der Waals surface area contributed by atoms with Crippen LogP contribution in [0, 0.1) is 0 Å². The Morgan fingerprint density at radius 3 is 2.92 bits per heavy atom. The second-order valence-corrected chi connectivity index (χ2v) is 7.01. The van der Waals surface area contributed by atoms with E-state index in [0.29, 0.717) is 26.2 Å². The van der Waals surface area contributed by atoms with Gasteiger partial charge in [0.15, 0.2) is 5.76 Å². The van der Waals surface area contributed by atoms with Gasteiger partial charge in [0, 0.05) is 19.7 Å². The van der Waals surface area contributed by atoms with E-state index in [2.05, 4.69) is 34.5 Å². The van der Waals surface area contributed by atoms with Crippen molar-refractivity contribution in [1.82, 2.24) is 10.2 Å². The first-order valence-electron chi connectivity index (χ1n) is 9.13. The molecular weight excluding hydrogens is 332 g/mol. The Morgan fingerprint density at radius 1 is 1.23 bits per heavy atom. The second kappa shape index (κ2) is 7.61. The van der Waals surface area contributed by atoms with Crippen LogP contribution in [0.15, 0.2) is 40.8 Å². The van der Waals surface area contributed by atoms with Crippen LogP contribution in [-0.2, 0) is 24.2 Å². The topological polar surface area (TPSA) is 74.9 Å². The number of nitrogens with zero attached hydrogens (tertiary/aromatic N) is 1. The number of hydrogen-bond donors (Lipinski definition) is 2. The van der Waals surface area contributed by atoms with Gasteiger partial charge in [-0.2, -0.15) is 0 Å². The monoisotopic (exact) mass is 356 g/mol. The van der Waals surface area contributed by atoms with Gasteiger partial charge in [-0.25, -0.2) is 0 Å². The number of ether oxygens (including phenoxy) is 1. The highest BCUT2D eigenvalue weighted by molar-refractivity contribution is 5.91. The van der Waals surface area contributed by atoms with Gasteiger partial charge in [-0.3, -0.25) is 9.69 Å². The highest BCUT2D eigenvalue weighted by Gasteiger charge is 2.26. The van der Waals surface area contributed by atoms with Crippen LogP contribution < -0.4 is 5.32 Å². The molecule has 2 N–H and O–H groups in total. The third-order valence-electron chi connectivity index (χ3n) is 5.11. The van der Waals surface area contributed by atoms with Crippen molar-refractivity contribution in [3.8, 4) is 0 Å². The molecule has 2 aromatic rings. The molecule has 26 heavy (non-hydrogen) atoms. The lowest BCUT2D eigenvalue weighted by atomic mass is 10.00. The summed E-state index contributed by atoms with van der Waals surface area (Å²) in [6, 6.07) is 11.7. The van der Waals surface area contributed by atoms with Gasteiger partial charge < -0.3 is 19.6 Å². The van der Waals surface area contributed by atoms with E-state index in [1.54, 1.807) is 6.07 Å². The fraction of sp³-hybridized carbons (Fsp3) is 0.450. The molecule has 2 atom stereocenters. The summed E-state index contributed by atoms with van der Waals surface area (Å²) in [7, 11) is 0. The number of aliphatic hydroxyl groups is 1. The number of carbonyl (C=O) groups is 1. The minimum absolute atomic E-state index is 0.273. The van der Waals surface area contributed by atoms with Crippen LogP contribution >= 0.6 is 0 Å². The van der Waals surface area contributed by atoms with E-state index in [1.165, 1.54) is 11.1 Å². The second-order valence-electron chi connectivity index (χ2n) is 7.01. The number of aliphatic hydroxyl groups excluding tert-OH is 1. The van der Waals surface area contributed by atoms with E-state index >= 15 is 0 Å². The van der Waals surface area contributed by atoms with Crippen LogP contribution in [-0.4, -0.2) is 47.8 Å². The van der Waals surface area contributed by atoms with Crippen molar-refractivity contribution in [3.63, 3.8) is 0 Å². The highest BCUT2D eigenvalue weighted by atomic mass is 16.5. The number of nitrogens with one attached hydrogen (secondary N) is 1. The van der Waals surface area contributed by atoms with Crippen molar-refractivity contribution in [2.45, 2.75) is 38.1 Å². The molecule has 2 aliphatic heterocycles. The van der Waals surface area contributed by atoms with Gasteiger partial charge in [0.1, 0.15) is 5.76 Å². The molecule has 2 aliphatic rings. The van der Waals surface area contributed by atoms with Crippen molar-refractivity contribution in [2.75, 3.05) is 19.8 Å². The van der Waals surface area contributed by atoms with E-state index in [9.17, 15) is 9.90 Å². The van der Waals surface area contributed by atoms with E-state index in [-0.39, 0.29) is 17.7 Å². The van der Waals surface area contributed by atoms with Crippen LogP contribution in [0.25, 0.3) is 0 Å². The summed E-state index contributed by atoms with van der Waals surface area (Å²) in [4.78, 5) is 14.7. The third kappa shape index (κ3) is 3.82. The average molecular weight is 356 g/mol. The Kier molecular flexibility index (Phi) is 5.06. The van der Waals surface area contributed by atoms with Crippen molar-refractivity contribution in [1.29, 1.82) is 0 Å². The van der Waals surface area contributed by atoms with Crippen molar-refractivity contribution in [3.05, 3.63) is 59.0 Å². The first kappa shape index (κ1) is 17.3. The molecule has 0 unspecified atom stereocenters. The van der Waals surface area contributed by atoms with Crippen LogP contribution in [0.2, 0.25) is 0 Å². The molecule has 0 aliphatic carbocycles. The lowest BCUT2D eigenvalue weighted by molar-refractivity contribution is -0.0143. The molecule has 1 aromatic carbocycles. The van der Waals surface area contributed by atoms with Crippen LogP contribution in [0.4, 0.5) is 0 Å². The first-order chi connectivity index (χ1) is 12.7. The smallest absolute Gasteiger partial charge is 0.287 e. The summed E-state index contributed by atoms with van der Waals surface area (Å²) in [5.74, 6) is 0.736. The molecule has 138 valence electrons. The normalized spacial score (nSPS) is 23.4. The number of hydrogen-bond acceptors (Lipinski definition) is 5. The quantitative estimate of drug-likeness (QED) is 0.872. The third-order valence-corrected chi connectivity index (χ3v) is 5.11. The zero-order chi connectivity index (χ0) is 17.9. The maximum Gasteiger partial charge on any atom is 0.287 e. The van der Waals surface area contributed by atoms with Crippen LogP contribution in [0.1, 0.15) is 33.9 Å². The van der Waals surface area contributed by atoms with Crippen LogP contribution in [0.3, 0.4) is 0 Å². The summed E-state index contributed by atoms with van der Waals surface area (Å²) < 4.78 is 11.0. The van der Waals surface area contributed by atoms with Gasteiger partial charge in [0.05, 0.1) is 25.3 Å². The summed E-state index contributed by atoms with van der Waals surface area (Å²) in [5, 5.41) is 12.7. The Labute approximate surface area is 152 Å². The standard InChI is InChI=1S/C20H24N2O4/c23-18-8-10-25-13-17(18)21-20(24)19-6-5-16(26-19)12-22-9-7-14-3-1-2-4-15(14)11-22/h1-6,17-18,23H,7-13H2,(H,21,24)/t17-,18-/m0/s1. The maximum absolute atomic E-state index is 12.3. The SMILES string of the molecule is O=C(N[C@H]1COCC[C@@H]1O)c1ccc(CN2CCc3ccccc3C2)o1. The number of rotatable bonds is 4. The summed E-state index contributed by atoms with van der Waals surface area (Å²) in [6.45, 7) is 3.40. The minimum atomic E-state index is -0.574. The van der Waals surface area contributed by atoms with E-state index in [4.69, 9.17) is 9.15 Å². The average Bonchev–Trinajstić information content (AvgIpc) is 3.12. The molecule has 6 nitrogen and oxygen atoms in total. The molecule has 0 radical (unpaired) electrons. The van der Waals surface area contributed by atoms with Gasteiger partial charge in [-0.05, 0) is 36.1 Å². The largest absolute Gasteiger partial charge is 0.455 e. The fourth-order valence-electron chi connectivity index (χ4n) is 3.60. The van der Waals surface area contributed by atoms with E-state index in [0.717, 1.165) is 25.3 Å². The fourth-order valence-corrected chi connectivity index (χ4v) is 3.60. The molecule has 0 saturated carbocycles. The number of amides is 1. The van der Waals surface area contributed by atoms with Gasteiger partial charge in [-0.1, -0.05) is 24.3 Å². The molecule has 1 aromatic heterocycles. The lowest BCUT2D eigenvalue weighted by Gasteiger charge is -2.28. The highest BCUT2D eigenvalue weighted by Crippen LogP contribution is 2.21. The number of carbonyl (C=O) groups excluding carboxylic acids is 1. The molecule has 0 bridgehead atoms. The van der Waals surface area contributed by atoms with Gasteiger partial charge in [-0.15, -0.1) is 0 Å². The lowest BCUT2D eigenvalue weighted by Crippen LogP contribution is -2.49. The van der Waals surface area contributed by atoms with Crippen molar-refractivity contribution < 1.29 is 19.1 Å². The molecule has 1 fully saturated rings. The van der Waals surface area contributed by atoms with Crippen molar-refractivity contribution in [2.24, 2.45) is 0 Å². The molecule has 6 heteroatoms. The van der Waals surface area contributed by atoms with Crippen molar-refractivity contribution >= 4 is 5.91 Å². The van der Waals surface area contributed by atoms with Gasteiger partial charge >= 0.3 is 0 Å². The molecule has 0 spiro atoms. The molecule has 4 rings (SSSR count). The summed E-state index contributed by atoms with van der Waals surface area (Å²) in [5.41, 5.74) is 2.77. The first-order valence-corrected chi connectivity index (χ1v) is 9.13.